The third kappa shape index (κ3) is 4.26. The van der Waals surface area contributed by atoms with E-state index in [1.807, 2.05) is 18.2 Å². The predicted octanol–water partition coefficient (Wildman–Crippen LogP) is 4.64. The highest BCUT2D eigenvalue weighted by Gasteiger charge is 2.48. The first-order valence-corrected chi connectivity index (χ1v) is 10.8. The lowest BCUT2D eigenvalue weighted by Gasteiger charge is -2.54. The normalized spacial score (nSPS) is 31.4. The van der Waals surface area contributed by atoms with E-state index in [1.165, 1.54) is 37.7 Å². The van der Waals surface area contributed by atoms with Gasteiger partial charge in [0.1, 0.15) is 0 Å². The number of hydrogen-bond donors (Lipinski definition) is 2. The van der Waals surface area contributed by atoms with Gasteiger partial charge in [-0.15, -0.1) is 0 Å². The van der Waals surface area contributed by atoms with E-state index in [0.29, 0.717) is 17.1 Å². The van der Waals surface area contributed by atoms with Crippen LogP contribution in [0.3, 0.4) is 0 Å². The van der Waals surface area contributed by atoms with Crippen LogP contribution in [0.25, 0.3) is 6.08 Å². The molecule has 1 aromatic rings. The minimum atomic E-state index is -0.163. The Hall–Kier alpha value is -1.68. The number of carbonyl (C=O) groups is 1. The van der Waals surface area contributed by atoms with Crippen molar-refractivity contribution in [3.8, 4) is 0 Å². The molecule has 4 bridgehead atoms. The summed E-state index contributed by atoms with van der Waals surface area (Å²) in [7, 11) is 0. The van der Waals surface area contributed by atoms with Crippen LogP contribution in [0.5, 0.6) is 0 Å². The maximum Gasteiger partial charge on any atom is 0.250 e. The Bertz CT molecular complexity index is 709. The molecule has 144 valence electrons. The molecule has 0 aromatic heterocycles. The zero-order chi connectivity index (χ0) is 19.0. The molecule has 5 rings (SSSR count). The number of benzene rings is 1. The van der Waals surface area contributed by atoms with Crippen molar-refractivity contribution < 1.29 is 4.79 Å². The summed E-state index contributed by atoms with van der Waals surface area (Å²) in [6.45, 7) is 4.35. The number of hydrogen-bond acceptors (Lipinski definition) is 2. The van der Waals surface area contributed by atoms with Crippen molar-refractivity contribution in [3.63, 3.8) is 0 Å². The Morgan fingerprint density at radius 3 is 2.19 bits per heavy atom. The minimum absolute atomic E-state index is 0.163. The second-order valence-corrected chi connectivity index (χ2v) is 9.48. The lowest BCUT2D eigenvalue weighted by atomic mass is 9.54. The summed E-state index contributed by atoms with van der Waals surface area (Å²) in [6, 6.07) is 8.77. The molecule has 0 unspecified atom stereocenters. The first-order chi connectivity index (χ1) is 13.0. The molecule has 0 heterocycles. The Labute approximate surface area is 168 Å². The molecule has 4 heteroatoms. The van der Waals surface area contributed by atoms with Crippen molar-refractivity contribution in [2.45, 2.75) is 57.9 Å². The maximum atomic E-state index is 12.2. The highest BCUT2D eigenvalue weighted by atomic mass is 32.1. The molecule has 4 aliphatic carbocycles. The molecule has 1 aromatic carbocycles. The standard InChI is InChI=1S/C23H30N2OS/c1-14(2)18-6-3-15(4-7-18)5-8-21(26)24-23(27)25-22-19-10-16-9-17(12-19)13-20(22)11-16/h3-8,14,16-17,19-20,22H,9-13H2,1-2H3,(H2,24,25,26,27)/b8-5+. The summed E-state index contributed by atoms with van der Waals surface area (Å²) in [5, 5.41) is 6.79. The van der Waals surface area contributed by atoms with Gasteiger partial charge in [-0.05, 0) is 91.1 Å². The molecule has 4 saturated carbocycles. The van der Waals surface area contributed by atoms with Crippen LogP contribution in [-0.2, 0) is 4.79 Å². The maximum absolute atomic E-state index is 12.2. The Balaban J connectivity index is 1.28. The number of nitrogens with one attached hydrogen (secondary N) is 2. The molecule has 2 N–H and O–H groups in total. The molecule has 1 amide bonds. The van der Waals surface area contributed by atoms with E-state index >= 15 is 0 Å². The Morgan fingerprint density at radius 2 is 1.63 bits per heavy atom. The number of rotatable bonds is 4. The van der Waals surface area contributed by atoms with E-state index in [9.17, 15) is 4.79 Å². The van der Waals surface area contributed by atoms with Crippen molar-refractivity contribution in [1.82, 2.24) is 10.6 Å². The van der Waals surface area contributed by atoms with Gasteiger partial charge in [-0.25, -0.2) is 0 Å². The third-order valence-electron chi connectivity index (χ3n) is 6.79. The quantitative estimate of drug-likeness (QED) is 0.589. The average molecular weight is 383 g/mol. The van der Waals surface area contributed by atoms with Crippen molar-refractivity contribution in [2.24, 2.45) is 23.7 Å². The highest BCUT2D eigenvalue weighted by Crippen LogP contribution is 2.53. The molecule has 0 atom stereocenters. The zero-order valence-electron chi connectivity index (χ0n) is 16.3. The molecule has 4 fully saturated rings. The van der Waals surface area contributed by atoms with Gasteiger partial charge in [0, 0.05) is 12.1 Å². The molecule has 3 nitrogen and oxygen atoms in total. The fourth-order valence-electron chi connectivity index (χ4n) is 5.67. The topological polar surface area (TPSA) is 41.1 Å². The minimum Gasteiger partial charge on any atom is -0.359 e. The lowest BCUT2D eigenvalue weighted by molar-refractivity contribution is -0.115. The smallest absolute Gasteiger partial charge is 0.250 e. The van der Waals surface area contributed by atoms with Gasteiger partial charge in [-0.2, -0.15) is 0 Å². The largest absolute Gasteiger partial charge is 0.359 e. The number of thiocarbonyl (C=S) groups is 1. The number of amides is 1. The zero-order valence-corrected chi connectivity index (χ0v) is 17.1. The molecular weight excluding hydrogens is 352 g/mol. The van der Waals surface area contributed by atoms with E-state index in [-0.39, 0.29) is 5.91 Å². The van der Waals surface area contributed by atoms with Crippen molar-refractivity contribution in [2.75, 3.05) is 0 Å². The van der Waals surface area contributed by atoms with Crippen molar-refractivity contribution in [3.05, 3.63) is 41.5 Å². The van der Waals surface area contributed by atoms with Crippen molar-refractivity contribution in [1.29, 1.82) is 0 Å². The fourth-order valence-corrected chi connectivity index (χ4v) is 5.90. The van der Waals surface area contributed by atoms with Gasteiger partial charge in [0.2, 0.25) is 5.91 Å². The van der Waals surface area contributed by atoms with Crippen LogP contribution < -0.4 is 10.6 Å². The second-order valence-electron chi connectivity index (χ2n) is 9.07. The van der Waals surface area contributed by atoms with Crippen LogP contribution >= 0.6 is 12.2 Å². The first-order valence-electron chi connectivity index (χ1n) is 10.4. The summed E-state index contributed by atoms with van der Waals surface area (Å²) in [5.74, 6) is 3.72. The van der Waals surface area contributed by atoms with Gasteiger partial charge < -0.3 is 5.32 Å². The van der Waals surface area contributed by atoms with Gasteiger partial charge >= 0.3 is 0 Å². The summed E-state index contributed by atoms with van der Waals surface area (Å²) < 4.78 is 0. The summed E-state index contributed by atoms with van der Waals surface area (Å²) in [6.07, 6.45) is 10.2. The van der Waals surface area contributed by atoms with E-state index in [2.05, 4.69) is 36.6 Å². The van der Waals surface area contributed by atoms with E-state index in [4.69, 9.17) is 12.2 Å². The summed E-state index contributed by atoms with van der Waals surface area (Å²) in [4.78, 5) is 12.2. The second kappa shape index (κ2) is 7.75. The molecule has 0 aliphatic heterocycles. The van der Waals surface area contributed by atoms with Crippen LogP contribution in [0, 0.1) is 23.7 Å². The summed E-state index contributed by atoms with van der Waals surface area (Å²) >= 11 is 5.43. The lowest BCUT2D eigenvalue weighted by Crippen LogP contribution is -2.57. The van der Waals surface area contributed by atoms with Crippen LogP contribution in [0.4, 0.5) is 0 Å². The number of carbonyl (C=O) groups excluding carboxylic acids is 1. The monoisotopic (exact) mass is 382 g/mol. The molecule has 0 radical (unpaired) electrons. The van der Waals surface area contributed by atoms with Gasteiger partial charge in [0.15, 0.2) is 5.11 Å². The van der Waals surface area contributed by atoms with Crippen LogP contribution in [0.1, 0.15) is 63.0 Å². The molecule has 0 saturated heterocycles. The molecule has 27 heavy (non-hydrogen) atoms. The third-order valence-corrected chi connectivity index (χ3v) is 7.01. The van der Waals surface area contributed by atoms with Crippen LogP contribution in [0.15, 0.2) is 30.3 Å². The van der Waals surface area contributed by atoms with E-state index in [1.54, 1.807) is 6.08 Å². The average Bonchev–Trinajstić information content (AvgIpc) is 2.62. The SMILES string of the molecule is CC(C)c1ccc(/C=C/C(=O)NC(=S)NC2C3CC4CC(C3)CC2C4)cc1. The predicted molar refractivity (Wildman–Crippen MR) is 114 cm³/mol. The van der Waals surface area contributed by atoms with Crippen LogP contribution in [-0.4, -0.2) is 17.1 Å². The van der Waals surface area contributed by atoms with Crippen LogP contribution in [0.2, 0.25) is 0 Å². The first kappa shape index (κ1) is 18.7. The van der Waals surface area contributed by atoms with Gasteiger partial charge in [-0.3, -0.25) is 10.1 Å². The van der Waals surface area contributed by atoms with Gasteiger partial charge in [-0.1, -0.05) is 38.1 Å². The Morgan fingerprint density at radius 1 is 1.04 bits per heavy atom. The fraction of sp³-hybridized carbons (Fsp3) is 0.565. The Kier molecular flexibility index (Phi) is 5.36. The van der Waals surface area contributed by atoms with E-state index < -0.39 is 0 Å². The molecule has 0 spiro atoms. The summed E-state index contributed by atoms with van der Waals surface area (Å²) in [5.41, 5.74) is 2.33. The van der Waals surface area contributed by atoms with Gasteiger partial charge in [0.25, 0.3) is 0 Å². The molecule has 4 aliphatic rings. The van der Waals surface area contributed by atoms with Gasteiger partial charge in [0.05, 0.1) is 0 Å². The molecular formula is C23H30N2OS. The van der Waals surface area contributed by atoms with Crippen molar-refractivity contribution >= 4 is 29.3 Å². The highest BCUT2D eigenvalue weighted by molar-refractivity contribution is 7.80. The van der Waals surface area contributed by atoms with E-state index in [0.717, 1.165) is 29.2 Å².